The molecule has 1 amide bonds. The van der Waals surface area contributed by atoms with Gasteiger partial charge in [0.25, 0.3) is 5.56 Å². The van der Waals surface area contributed by atoms with Crippen LogP contribution < -0.4 is 10.9 Å². The Kier molecular flexibility index (Phi) is 6.81. The van der Waals surface area contributed by atoms with E-state index >= 15 is 0 Å². The zero-order chi connectivity index (χ0) is 22.7. The van der Waals surface area contributed by atoms with E-state index in [1.807, 2.05) is 26.0 Å². The van der Waals surface area contributed by atoms with Crippen molar-refractivity contribution in [3.8, 4) is 0 Å². The Labute approximate surface area is 185 Å². The Hall–Kier alpha value is -3.12. The number of carbonyl (C=O) groups is 2. The lowest BCUT2D eigenvalue weighted by Gasteiger charge is -2.22. The molecule has 0 fully saturated rings. The molecule has 1 unspecified atom stereocenters. The molecule has 0 bridgehead atoms. The van der Waals surface area contributed by atoms with Crippen LogP contribution in [0.4, 0.5) is 5.69 Å². The van der Waals surface area contributed by atoms with Gasteiger partial charge in [0.05, 0.1) is 13.0 Å². The molecule has 2 aromatic carbocycles. The number of esters is 1. The summed E-state index contributed by atoms with van der Waals surface area (Å²) in [4.78, 5) is 38.2. The molecule has 0 saturated carbocycles. The van der Waals surface area contributed by atoms with Crippen molar-refractivity contribution in [1.82, 2.24) is 4.57 Å². The molecule has 3 rings (SSSR count). The summed E-state index contributed by atoms with van der Waals surface area (Å²) in [6.07, 6.45) is 1.57. The Morgan fingerprint density at radius 2 is 1.68 bits per heavy atom. The summed E-state index contributed by atoms with van der Waals surface area (Å²) < 4.78 is 6.27. The minimum Gasteiger partial charge on any atom is -0.467 e. The number of ether oxygens (including phenoxy) is 1. The highest BCUT2D eigenvalue weighted by Gasteiger charge is 2.26. The first-order valence-corrected chi connectivity index (χ1v) is 10.4. The van der Waals surface area contributed by atoms with Crippen molar-refractivity contribution in [3.05, 3.63) is 75.7 Å². The molecular weight excluding hydrogens is 416 g/mol. The van der Waals surface area contributed by atoms with Crippen molar-refractivity contribution in [2.45, 2.75) is 32.7 Å². The summed E-state index contributed by atoms with van der Waals surface area (Å²) in [6.45, 7) is 5.51. The number of fused-ring (bicyclic) bond motifs is 1. The predicted molar refractivity (Wildman–Crippen MR) is 123 cm³/mol. The van der Waals surface area contributed by atoms with Crippen LogP contribution >= 0.6 is 11.6 Å². The van der Waals surface area contributed by atoms with Crippen LogP contribution in [-0.4, -0.2) is 23.6 Å². The number of nitrogens with one attached hydrogen (secondary N) is 1. The van der Waals surface area contributed by atoms with Gasteiger partial charge in [-0.25, -0.2) is 4.79 Å². The second-order valence-electron chi connectivity index (χ2n) is 7.77. The van der Waals surface area contributed by atoms with Crippen LogP contribution in [0.25, 0.3) is 10.8 Å². The SMILES string of the molecule is COC(=O)C(C(C)C)n1ccc2c(NC(=O)[C@@H](C)c3ccc(Cl)cc3)cccc2c1=O. The average Bonchev–Trinajstić information content (AvgIpc) is 2.75. The second kappa shape index (κ2) is 9.35. The molecule has 7 heteroatoms. The third-order valence-corrected chi connectivity index (χ3v) is 5.62. The van der Waals surface area contributed by atoms with Crippen molar-refractivity contribution in [3.63, 3.8) is 0 Å². The van der Waals surface area contributed by atoms with E-state index < -0.39 is 17.9 Å². The zero-order valence-corrected chi connectivity index (χ0v) is 18.6. The molecule has 162 valence electrons. The van der Waals surface area contributed by atoms with Gasteiger partial charge in [-0.1, -0.05) is 43.6 Å². The van der Waals surface area contributed by atoms with Crippen molar-refractivity contribution in [2.24, 2.45) is 5.92 Å². The number of rotatable bonds is 6. The Bertz CT molecular complexity index is 1170. The summed E-state index contributed by atoms with van der Waals surface area (Å²) in [5.41, 5.74) is 1.05. The summed E-state index contributed by atoms with van der Waals surface area (Å²) in [5, 5.41) is 4.54. The average molecular weight is 441 g/mol. The molecule has 1 aromatic heterocycles. The molecule has 0 aliphatic carbocycles. The van der Waals surface area contributed by atoms with Crippen molar-refractivity contribution >= 4 is 39.9 Å². The molecule has 0 aliphatic heterocycles. The largest absolute Gasteiger partial charge is 0.467 e. The highest BCUT2D eigenvalue weighted by Crippen LogP contribution is 2.26. The summed E-state index contributed by atoms with van der Waals surface area (Å²) in [5.74, 6) is -1.21. The summed E-state index contributed by atoms with van der Waals surface area (Å²) in [6, 6.07) is 13.3. The molecular formula is C24H25ClN2O4. The van der Waals surface area contributed by atoms with Gasteiger partial charge in [-0.3, -0.25) is 9.59 Å². The fourth-order valence-electron chi connectivity index (χ4n) is 3.59. The molecule has 1 N–H and O–H groups in total. The van der Waals surface area contributed by atoms with Crippen LogP contribution in [0.2, 0.25) is 5.02 Å². The van der Waals surface area contributed by atoms with E-state index in [9.17, 15) is 14.4 Å². The molecule has 0 saturated heterocycles. The predicted octanol–water partition coefficient (Wildman–Crippen LogP) is 4.77. The lowest BCUT2D eigenvalue weighted by atomic mass is 10.00. The minimum absolute atomic E-state index is 0.134. The number of aromatic nitrogens is 1. The van der Waals surface area contributed by atoms with Crippen LogP contribution in [0, 0.1) is 5.92 Å². The van der Waals surface area contributed by atoms with E-state index in [1.165, 1.54) is 11.7 Å². The van der Waals surface area contributed by atoms with Gasteiger partial charge in [-0.15, -0.1) is 0 Å². The Morgan fingerprint density at radius 3 is 2.29 bits per heavy atom. The van der Waals surface area contributed by atoms with Crippen molar-refractivity contribution in [2.75, 3.05) is 12.4 Å². The highest BCUT2D eigenvalue weighted by atomic mass is 35.5. The van der Waals surface area contributed by atoms with E-state index in [2.05, 4.69) is 5.32 Å². The van der Waals surface area contributed by atoms with E-state index in [4.69, 9.17) is 16.3 Å². The standard InChI is InChI=1S/C24H25ClN2O4/c1-14(2)21(24(30)31-4)27-13-12-18-19(23(27)29)6-5-7-20(18)26-22(28)15(3)16-8-10-17(25)11-9-16/h5-15,21H,1-4H3,(H,26,28)/t15-,21?/m0/s1. The second-order valence-corrected chi connectivity index (χ2v) is 8.21. The third kappa shape index (κ3) is 4.64. The first-order valence-electron chi connectivity index (χ1n) is 10.0. The fraction of sp³-hybridized carbons (Fsp3) is 0.292. The number of methoxy groups -OCH3 is 1. The number of amides is 1. The lowest BCUT2D eigenvalue weighted by Crippen LogP contribution is -2.33. The first kappa shape index (κ1) is 22.6. The summed E-state index contributed by atoms with van der Waals surface area (Å²) in [7, 11) is 1.30. The van der Waals surface area contributed by atoms with Gasteiger partial charge in [-0.2, -0.15) is 0 Å². The number of halogens is 1. The number of carbonyl (C=O) groups excluding carboxylic acids is 2. The maximum absolute atomic E-state index is 13.1. The molecule has 6 nitrogen and oxygen atoms in total. The number of hydrogen-bond donors (Lipinski definition) is 1. The van der Waals surface area contributed by atoms with Crippen LogP contribution in [0.3, 0.4) is 0 Å². The number of anilines is 1. The quantitative estimate of drug-likeness (QED) is 0.560. The number of hydrogen-bond acceptors (Lipinski definition) is 4. The number of nitrogens with zero attached hydrogens (tertiary/aromatic N) is 1. The van der Waals surface area contributed by atoms with Gasteiger partial charge in [0.2, 0.25) is 5.91 Å². The molecule has 2 atom stereocenters. The van der Waals surface area contributed by atoms with Gasteiger partial charge in [0, 0.05) is 27.7 Å². The Balaban J connectivity index is 1.97. The third-order valence-electron chi connectivity index (χ3n) is 5.37. The van der Waals surface area contributed by atoms with Gasteiger partial charge < -0.3 is 14.6 Å². The molecule has 1 heterocycles. The van der Waals surface area contributed by atoms with Gasteiger partial charge in [0.15, 0.2) is 0 Å². The van der Waals surface area contributed by atoms with Crippen molar-refractivity contribution in [1.29, 1.82) is 0 Å². The molecule has 0 spiro atoms. The molecule has 31 heavy (non-hydrogen) atoms. The number of benzene rings is 2. The van der Waals surface area contributed by atoms with E-state index in [-0.39, 0.29) is 17.4 Å². The van der Waals surface area contributed by atoms with E-state index in [1.54, 1.807) is 49.5 Å². The van der Waals surface area contributed by atoms with Gasteiger partial charge >= 0.3 is 5.97 Å². The van der Waals surface area contributed by atoms with Gasteiger partial charge in [0.1, 0.15) is 6.04 Å². The Morgan fingerprint density at radius 1 is 1.00 bits per heavy atom. The topological polar surface area (TPSA) is 77.4 Å². The summed E-state index contributed by atoms with van der Waals surface area (Å²) >= 11 is 5.93. The van der Waals surface area contributed by atoms with E-state index in [0.717, 1.165) is 5.56 Å². The zero-order valence-electron chi connectivity index (χ0n) is 17.9. The van der Waals surface area contributed by atoms with Crippen molar-refractivity contribution < 1.29 is 14.3 Å². The van der Waals surface area contributed by atoms with Crippen LogP contribution in [0.1, 0.15) is 38.3 Å². The fourth-order valence-corrected chi connectivity index (χ4v) is 3.72. The van der Waals surface area contributed by atoms with Crippen LogP contribution in [0.15, 0.2) is 59.5 Å². The maximum Gasteiger partial charge on any atom is 0.329 e. The highest BCUT2D eigenvalue weighted by molar-refractivity contribution is 6.30. The minimum atomic E-state index is -0.731. The lowest BCUT2D eigenvalue weighted by molar-refractivity contribution is -0.146. The molecule has 0 aliphatic rings. The van der Waals surface area contributed by atoms with Crippen LogP contribution in [0.5, 0.6) is 0 Å². The first-order chi connectivity index (χ1) is 14.7. The monoisotopic (exact) mass is 440 g/mol. The number of pyridine rings is 1. The molecule has 3 aromatic rings. The smallest absolute Gasteiger partial charge is 0.329 e. The van der Waals surface area contributed by atoms with Gasteiger partial charge in [-0.05, 0) is 48.7 Å². The maximum atomic E-state index is 13.1. The molecule has 0 radical (unpaired) electrons. The normalized spacial score (nSPS) is 13.1. The van der Waals surface area contributed by atoms with Crippen LogP contribution in [-0.2, 0) is 14.3 Å². The van der Waals surface area contributed by atoms with E-state index in [0.29, 0.717) is 21.5 Å².